The van der Waals surface area contributed by atoms with Crippen LogP contribution >= 0.6 is 0 Å². The first-order valence-electron chi connectivity index (χ1n) is 7.92. The average molecular weight is 242 g/mol. The smallest absolute Gasteiger partial charge is 0.0542 e. The van der Waals surface area contributed by atoms with E-state index in [1.54, 1.807) is 0 Å². The fourth-order valence-electron chi connectivity index (χ4n) is 2.46. The number of unbranched alkanes of at least 4 members (excludes halogenated alkanes) is 6. The lowest BCUT2D eigenvalue weighted by Gasteiger charge is -2.17. The third kappa shape index (κ3) is 10.8. The van der Waals surface area contributed by atoms with Crippen molar-refractivity contribution in [2.24, 2.45) is 5.92 Å². The molecule has 0 fully saturated rings. The Kier molecular flexibility index (Phi) is 12.4. The molecule has 0 rings (SSSR count). The van der Waals surface area contributed by atoms with E-state index in [0.29, 0.717) is 0 Å². The van der Waals surface area contributed by atoms with E-state index in [2.05, 4.69) is 20.8 Å². The first-order valence-corrected chi connectivity index (χ1v) is 7.92. The summed E-state index contributed by atoms with van der Waals surface area (Å²) in [6.07, 6.45) is 13.8. The molecule has 0 aromatic carbocycles. The van der Waals surface area contributed by atoms with Crippen molar-refractivity contribution in [2.75, 3.05) is 0 Å². The minimum absolute atomic E-state index is 0.0458. The topological polar surface area (TPSA) is 20.2 Å². The molecule has 0 saturated carbocycles. The molecular formula is C16H34O. The Balaban J connectivity index is 3.29. The zero-order valence-electron chi connectivity index (χ0n) is 12.4. The number of aliphatic hydroxyl groups is 1. The largest absolute Gasteiger partial charge is 0.393 e. The molecule has 0 aromatic rings. The van der Waals surface area contributed by atoms with Gasteiger partial charge in [-0.1, -0.05) is 78.6 Å². The molecule has 1 heteroatoms. The van der Waals surface area contributed by atoms with Crippen molar-refractivity contribution in [1.29, 1.82) is 0 Å². The molecule has 0 aromatic heterocycles. The molecule has 0 bridgehead atoms. The van der Waals surface area contributed by atoms with Crippen LogP contribution in [-0.2, 0) is 0 Å². The van der Waals surface area contributed by atoms with Gasteiger partial charge in [-0.15, -0.1) is 0 Å². The third-order valence-corrected chi connectivity index (χ3v) is 3.90. The molecule has 1 nitrogen and oxygen atoms in total. The fourth-order valence-corrected chi connectivity index (χ4v) is 2.46. The van der Waals surface area contributed by atoms with Crippen LogP contribution in [0.15, 0.2) is 0 Å². The van der Waals surface area contributed by atoms with Crippen molar-refractivity contribution >= 4 is 0 Å². The van der Waals surface area contributed by atoms with Crippen molar-refractivity contribution in [3.05, 3.63) is 0 Å². The third-order valence-electron chi connectivity index (χ3n) is 3.90. The molecule has 0 saturated heterocycles. The molecule has 17 heavy (non-hydrogen) atoms. The van der Waals surface area contributed by atoms with Gasteiger partial charge in [-0.25, -0.2) is 0 Å². The molecule has 1 atom stereocenters. The second-order valence-electron chi connectivity index (χ2n) is 5.48. The highest BCUT2D eigenvalue weighted by atomic mass is 16.3. The molecule has 0 radical (unpaired) electrons. The van der Waals surface area contributed by atoms with E-state index in [1.807, 2.05) is 0 Å². The van der Waals surface area contributed by atoms with Crippen LogP contribution < -0.4 is 0 Å². The molecule has 0 aliphatic carbocycles. The van der Waals surface area contributed by atoms with Crippen molar-refractivity contribution < 1.29 is 5.11 Å². The maximum atomic E-state index is 9.92. The predicted octanol–water partition coefficient (Wildman–Crippen LogP) is 5.31. The van der Waals surface area contributed by atoms with E-state index in [4.69, 9.17) is 0 Å². The van der Waals surface area contributed by atoms with Gasteiger partial charge in [0.1, 0.15) is 0 Å². The Hall–Kier alpha value is -0.0400. The van der Waals surface area contributed by atoms with Gasteiger partial charge in [-0.3, -0.25) is 0 Å². The van der Waals surface area contributed by atoms with Gasteiger partial charge in [-0.05, 0) is 18.8 Å². The van der Waals surface area contributed by atoms with Crippen molar-refractivity contribution in [3.63, 3.8) is 0 Å². The normalized spacial score (nSPS) is 13.2. The minimum Gasteiger partial charge on any atom is -0.393 e. The molecule has 0 amide bonds. The summed E-state index contributed by atoms with van der Waals surface area (Å²) in [5, 5.41) is 9.92. The average Bonchev–Trinajstić information content (AvgIpc) is 2.34. The minimum atomic E-state index is -0.0458. The van der Waals surface area contributed by atoms with Crippen LogP contribution in [0.1, 0.15) is 91.4 Å². The van der Waals surface area contributed by atoms with Crippen molar-refractivity contribution in [2.45, 2.75) is 97.5 Å². The second-order valence-corrected chi connectivity index (χ2v) is 5.48. The summed E-state index contributed by atoms with van der Waals surface area (Å²) in [6, 6.07) is 0. The van der Waals surface area contributed by atoms with E-state index in [0.717, 1.165) is 18.8 Å². The highest BCUT2D eigenvalue weighted by molar-refractivity contribution is 4.63. The molecule has 0 spiro atoms. The summed E-state index contributed by atoms with van der Waals surface area (Å²) in [5.41, 5.74) is 0. The van der Waals surface area contributed by atoms with E-state index in [1.165, 1.54) is 57.8 Å². The van der Waals surface area contributed by atoms with Gasteiger partial charge in [-0.2, -0.15) is 0 Å². The number of aliphatic hydroxyl groups excluding tert-OH is 1. The lowest BCUT2D eigenvalue weighted by Crippen LogP contribution is -2.12. The Labute approximate surface area is 109 Å². The monoisotopic (exact) mass is 242 g/mol. The Morgan fingerprint density at radius 2 is 1.29 bits per heavy atom. The van der Waals surface area contributed by atoms with Crippen molar-refractivity contribution in [1.82, 2.24) is 0 Å². The summed E-state index contributed by atoms with van der Waals surface area (Å²) in [5.74, 6) is 0.731. The number of hydrogen-bond donors (Lipinski definition) is 1. The Morgan fingerprint density at radius 1 is 0.765 bits per heavy atom. The molecule has 1 unspecified atom stereocenters. The Bertz CT molecular complexity index is 140. The fraction of sp³-hybridized carbons (Fsp3) is 1.00. The van der Waals surface area contributed by atoms with Gasteiger partial charge in [0, 0.05) is 0 Å². The van der Waals surface area contributed by atoms with Crippen LogP contribution in [0.5, 0.6) is 0 Å². The lowest BCUT2D eigenvalue weighted by molar-refractivity contribution is 0.127. The Morgan fingerprint density at radius 3 is 1.82 bits per heavy atom. The summed E-state index contributed by atoms with van der Waals surface area (Å²) < 4.78 is 0. The van der Waals surface area contributed by atoms with Gasteiger partial charge >= 0.3 is 0 Å². The molecular weight excluding hydrogens is 208 g/mol. The standard InChI is InChI=1S/C16H34O/c1-4-7-8-9-10-11-12-13-16(17)14-15(5-2)6-3/h15-17H,4-14H2,1-3H3. The number of hydrogen-bond acceptors (Lipinski definition) is 1. The van der Waals surface area contributed by atoms with Crippen LogP contribution in [0.25, 0.3) is 0 Å². The van der Waals surface area contributed by atoms with Gasteiger partial charge in [0.2, 0.25) is 0 Å². The summed E-state index contributed by atoms with van der Waals surface area (Å²) >= 11 is 0. The van der Waals surface area contributed by atoms with Crippen LogP contribution in [0.4, 0.5) is 0 Å². The van der Waals surface area contributed by atoms with E-state index in [-0.39, 0.29) is 6.10 Å². The second kappa shape index (κ2) is 12.4. The first-order chi connectivity index (χ1) is 8.24. The zero-order valence-corrected chi connectivity index (χ0v) is 12.4. The van der Waals surface area contributed by atoms with Crippen molar-refractivity contribution in [3.8, 4) is 0 Å². The summed E-state index contributed by atoms with van der Waals surface area (Å²) in [4.78, 5) is 0. The van der Waals surface area contributed by atoms with Crippen LogP contribution in [-0.4, -0.2) is 11.2 Å². The van der Waals surface area contributed by atoms with E-state index in [9.17, 15) is 5.11 Å². The summed E-state index contributed by atoms with van der Waals surface area (Å²) in [6.45, 7) is 6.72. The lowest BCUT2D eigenvalue weighted by atomic mass is 9.93. The van der Waals surface area contributed by atoms with Crippen LogP contribution in [0.3, 0.4) is 0 Å². The van der Waals surface area contributed by atoms with Crippen LogP contribution in [0, 0.1) is 5.92 Å². The SMILES string of the molecule is CCCCCCCCCC(O)CC(CC)CC. The van der Waals surface area contributed by atoms with Gasteiger partial charge < -0.3 is 5.11 Å². The maximum absolute atomic E-state index is 9.92. The van der Waals surface area contributed by atoms with Gasteiger partial charge in [0.05, 0.1) is 6.10 Å². The highest BCUT2D eigenvalue weighted by Gasteiger charge is 2.10. The molecule has 0 heterocycles. The summed E-state index contributed by atoms with van der Waals surface area (Å²) in [7, 11) is 0. The predicted molar refractivity (Wildman–Crippen MR) is 77.3 cm³/mol. The van der Waals surface area contributed by atoms with Crippen LogP contribution in [0.2, 0.25) is 0 Å². The number of rotatable bonds is 12. The maximum Gasteiger partial charge on any atom is 0.0542 e. The van der Waals surface area contributed by atoms with Gasteiger partial charge in [0.25, 0.3) is 0 Å². The molecule has 1 N–H and O–H groups in total. The first kappa shape index (κ1) is 17.0. The van der Waals surface area contributed by atoms with Gasteiger partial charge in [0.15, 0.2) is 0 Å². The zero-order chi connectivity index (χ0) is 12.9. The molecule has 0 aliphatic heterocycles. The quantitative estimate of drug-likeness (QED) is 0.460. The molecule has 104 valence electrons. The van der Waals surface area contributed by atoms with E-state index >= 15 is 0 Å². The highest BCUT2D eigenvalue weighted by Crippen LogP contribution is 2.18. The molecule has 0 aliphatic rings. The van der Waals surface area contributed by atoms with E-state index < -0.39 is 0 Å².